The standard InChI is InChI=1S/C19H22O2S/c1-3-15-10-12-17(13-11-15)22-18(19(20)21-4-2)14-16-8-6-5-7-9-16/h5-13,18H,3-4,14H2,1-2H3. The number of esters is 1. The van der Waals surface area contributed by atoms with Crippen LogP contribution in [0.3, 0.4) is 0 Å². The first-order chi connectivity index (χ1) is 10.7. The van der Waals surface area contributed by atoms with Gasteiger partial charge in [0.25, 0.3) is 0 Å². The molecule has 0 fully saturated rings. The van der Waals surface area contributed by atoms with Crippen molar-refractivity contribution in [2.24, 2.45) is 0 Å². The third-order valence-electron chi connectivity index (χ3n) is 3.42. The smallest absolute Gasteiger partial charge is 0.319 e. The Kier molecular flexibility index (Phi) is 6.53. The molecule has 1 unspecified atom stereocenters. The molecule has 0 saturated carbocycles. The van der Waals surface area contributed by atoms with Crippen LogP contribution < -0.4 is 0 Å². The first kappa shape index (κ1) is 16.6. The van der Waals surface area contributed by atoms with Crippen LogP contribution in [0.15, 0.2) is 59.5 Å². The van der Waals surface area contributed by atoms with Crippen molar-refractivity contribution in [2.45, 2.75) is 36.8 Å². The van der Waals surface area contributed by atoms with Gasteiger partial charge in [-0.3, -0.25) is 4.79 Å². The molecular weight excluding hydrogens is 292 g/mol. The molecule has 0 radical (unpaired) electrons. The van der Waals surface area contributed by atoms with Gasteiger partial charge in [0.15, 0.2) is 0 Å². The highest BCUT2D eigenvalue weighted by Gasteiger charge is 2.21. The fourth-order valence-electron chi connectivity index (χ4n) is 2.20. The number of carbonyl (C=O) groups is 1. The van der Waals surface area contributed by atoms with Gasteiger partial charge in [-0.1, -0.05) is 49.4 Å². The van der Waals surface area contributed by atoms with Crippen molar-refractivity contribution in [2.75, 3.05) is 6.61 Å². The molecular formula is C19H22O2S. The minimum absolute atomic E-state index is 0.143. The minimum atomic E-state index is -0.213. The van der Waals surface area contributed by atoms with Crippen molar-refractivity contribution < 1.29 is 9.53 Å². The quantitative estimate of drug-likeness (QED) is 0.555. The molecule has 2 rings (SSSR count). The maximum absolute atomic E-state index is 12.2. The van der Waals surface area contributed by atoms with Gasteiger partial charge in [-0.25, -0.2) is 0 Å². The molecule has 2 nitrogen and oxygen atoms in total. The van der Waals surface area contributed by atoms with E-state index in [1.807, 2.05) is 37.3 Å². The Hall–Kier alpha value is -1.74. The van der Waals surface area contributed by atoms with Crippen molar-refractivity contribution in [3.8, 4) is 0 Å². The Morgan fingerprint density at radius 3 is 2.27 bits per heavy atom. The van der Waals surface area contributed by atoms with E-state index in [1.165, 1.54) is 5.56 Å². The topological polar surface area (TPSA) is 26.3 Å². The summed E-state index contributed by atoms with van der Waals surface area (Å²) in [6.07, 6.45) is 1.70. The van der Waals surface area contributed by atoms with E-state index in [-0.39, 0.29) is 11.2 Å². The Balaban J connectivity index is 2.11. The van der Waals surface area contributed by atoms with Crippen LogP contribution in [-0.2, 0) is 22.4 Å². The van der Waals surface area contributed by atoms with Gasteiger partial charge in [0.1, 0.15) is 5.25 Å². The molecule has 2 aromatic carbocycles. The minimum Gasteiger partial charge on any atom is -0.465 e. The lowest BCUT2D eigenvalue weighted by Gasteiger charge is -2.15. The van der Waals surface area contributed by atoms with Gasteiger partial charge >= 0.3 is 5.97 Å². The summed E-state index contributed by atoms with van der Waals surface area (Å²) in [5.41, 5.74) is 2.46. The number of benzene rings is 2. The maximum Gasteiger partial charge on any atom is 0.319 e. The molecule has 0 saturated heterocycles. The second-order valence-electron chi connectivity index (χ2n) is 5.05. The summed E-state index contributed by atoms with van der Waals surface area (Å²) in [6.45, 7) is 4.40. The number of hydrogen-bond donors (Lipinski definition) is 0. The average molecular weight is 314 g/mol. The summed E-state index contributed by atoms with van der Waals surface area (Å²) in [4.78, 5) is 13.3. The summed E-state index contributed by atoms with van der Waals surface area (Å²) >= 11 is 1.58. The third kappa shape index (κ3) is 4.92. The first-order valence-electron chi connectivity index (χ1n) is 7.69. The van der Waals surface area contributed by atoms with Crippen LogP contribution in [0.5, 0.6) is 0 Å². The number of ether oxygens (including phenoxy) is 1. The zero-order chi connectivity index (χ0) is 15.8. The van der Waals surface area contributed by atoms with E-state index in [2.05, 4.69) is 31.2 Å². The van der Waals surface area contributed by atoms with Crippen LogP contribution in [-0.4, -0.2) is 17.8 Å². The number of aryl methyl sites for hydroxylation is 1. The van der Waals surface area contributed by atoms with Crippen molar-refractivity contribution in [3.05, 3.63) is 65.7 Å². The van der Waals surface area contributed by atoms with E-state index in [0.717, 1.165) is 16.9 Å². The summed E-state index contributed by atoms with van der Waals surface area (Å²) in [7, 11) is 0. The highest BCUT2D eigenvalue weighted by Crippen LogP contribution is 2.27. The van der Waals surface area contributed by atoms with E-state index in [0.29, 0.717) is 13.0 Å². The molecule has 22 heavy (non-hydrogen) atoms. The number of hydrogen-bond acceptors (Lipinski definition) is 3. The Labute approximate surface area is 136 Å². The van der Waals surface area contributed by atoms with E-state index < -0.39 is 0 Å². The van der Waals surface area contributed by atoms with Crippen molar-refractivity contribution >= 4 is 17.7 Å². The largest absolute Gasteiger partial charge is 0.465 e. The lowest BCUT2D eigenvalue weighted by Crippen LogP contribution is -2.22. The van der Waals surface area contributed by atoms with E-state index in [1.54, 1.807) is 11.8 Å². The van der Waals surface area contributed by atoms with Gasteiger partial charge in [-0.2, -0.15) is 0 Å². The van der Waals surface area contributed by atoms with Crippen LogP contribution in [0.2, 0.25) is 0 Å². The summed E-state index contributed by atoms with van der Waals surface area (Å²) in [6, 6.07) is 18.5. The Bertz CT molecular complexity index is 578. The van der Waals surface area contributed by atoms with Gasteiger partial charge < -0.3 is 4.74 Å². The van der Waals surface area contributed by atoms with Crippen LogP contribution in [0, 0.1) is 0 Å². The van der Waals surface area contributed by atoms with E-state index in [9.17, 15) is 4.79 Å². The predicted molar refractivity (Wildman–Crippen MR) is 92.2 cm³/mol. The molecule has 0 N–H and O–H groups in total. The zero-order valence-corrected chi connectivity index (χ0v) is 13.9. The Morgan fingerprint density at radius 1 is 1.00 bits per heavy atom. The molecule has 0 aromatic heterocycles. The lowest BCUT2D eigenvalue weighted by molar-refractivity contribution is -0.142. The molecule has 0 aliphatic rings. The third-order valence-corrected chi connectivity index (χ3v) is 4.61. The van der Waals surface area contributed by atoms with Crippen LogP contribution >= 0.6 is 11.8 Å². The Morgan fingerprint density at radius 2 is 1.68 bits per heavy atom. The second kappa shape index (κ2) is 8.64. The lowest BCUT2D eigenvalue weighted by atomic mass is 10.1. The van der Waals surface area contributed by atoms with Crippen LogP contribution in [0.1, 0.15) is 25.0 Å². The van der Waals surface area contributed by atoms with Crippen molar-refractivity contribution in [1.29, 1.82) is 0 Å². The molecule has 0 heterocycles. The molecule has 0 spiro atoms. The number of rotatable bonds is 7. The SMILES string of the molecule is CCOC(=O)C(Cc1ccccc1)Sc1ccc(CC)cc1. The number of thioether (sulfide) groups is 1. The normalized spacial score (nSPS) is 11.9. The second-order valence-corrected chi connectivity index (χ2v) is 6.32. The monoisotopic (exact) mass is 314 g/mol. The van der Waals surface area contributed by atoms with Gasteiger partial charge in [0, 0.05) is 4.90 Å². The van der Waals surface area contributed by atoms with Gasteiger partial charge in [-0.05, 0) is 43.0 Å². The van der Waals surface area contributed by atoms with E-state index >= 15 is 0 Å². The maximum atomic E-state index is 12.2. The predicted octanol–water partition coefficient (Wildman–Crippen LogP) is 4.52. The zero-order valence-electron chi connectivity index (χ0n) is 13.1. The average Bonchev–Trinajstić information content (AvgIpc) is 2.56. The summed E-state index contributed by atoms with van der Waals surface area (Å²) in [5.74, 6) is -0.143. The fraction of sp³-hybridized carbons (Fsp3) is 0.316. The first-order valence-corrected chi connectivity index (χ1v) is 8.57. The summed E-state index contributed by atoms with van der Waals surface area (Å²) in [5, 5.41) is -0.213. The molecule has 2 aromatic rings. The number of carbonyl (C=O) groups excluding carboxylic acids is 1. The van der Waals surface area contributed by atoms with Gasteiger partial charge in [0.05, 0.1) is 6.61 Å². The summed E-state index contributed by atoms with van der Waals surface area (Å²) < 4.78 is 5.23. The fourth-order valence-corrected chi connectivity index (χ4v) is 3.27. The van der Waals surface area contributed by atoms with Gasteiger partial charge in [-0.15, -0.1) is 11.8 Å². The molecule has 0 aliphatic heterocycles. The molecule has 1 atom stereocenters. The molecule has 0 amide bonds. The molecule has 0 aliphatic carbocycles. The highest BCUT2D eigenvalue weighted by atomic mass is 32.2. The molecule has 116 valence electrons. The molecule has 3 heteroatoms. The van der Waals surface area contributed by atoms with Gasteiger partial charge in [0.2, 0.25) is 0 Å². The van der Waals surface area contributed by atoms with Crippen molar-refractivity contribution in [1.82, 2.24) is 0 Å². The van der Waals surface area contributed by atoms with Crippen molar-refractivity contribution in [3.63, 3.8) is 0 Å². The highest BCUT2D eigenvalue weighted by molar-refractivity contribution is 8.00. The van der Waals surface area contributed by atoms with Crippen LogP contribution in [0.4, 0.5) is 0 Å². The van der Waals surface area contributed by atoms with Crippen LogP contribution in [0.25, 0.3) is 0 Å². The molecule has 0 bridgehead atoms. The van der Waals surface area contributed by atoms with E-state index in [4.69, 9.17) is 4.74 Å².